The molecule has 0 aromatic heterocycles. The second kappa shape index (κ2) is 22.5. The Morgan fingerprint density at radius 3 is 1.58 bits per heavy atom. The van der Waals surface area contributed by atoms with E-state index >= 15 is 0 Å². The van der Waals surface area contributed by atoms with Gasteiger partial charge in [-0.15, -0.1) is 0 Å². The number of ether oxygens (including phenoxy) is 4. The van der Waals surface area contributed by atoms with Crippen LogP contribution in [0.1, 0.15) is 141 Å². The molecule has 4 rings (SSSR count). The van der Waals surface area contributed by atoms with Crippen LogP contribution < -0.4 is 14.2 Å². The summed E-state index contributed by atoms with van der Waals surface area (Å²) >= 11 is 0. The van der Waals surface area contributed by atoms with Gasteiger partial charge in [-0.2, -0.15) is 13.2 Å². The molecule has 0 bridgehead atoms. The highest BCUT2D eigenvalue weighted by atomic mass is 19.4. The van der Waals surface area contributed by atoms with Crippen LogP contribution in [0.15, 0.2) is 84.9 Å². The lowest BCUT2D eigenvalue weighted by atomic mass is 10.1. The lowest BCUT2D eigenvalue weighted by Crippen LogP contribution is -2.33. The first kappa shape index (κ1) is 42.9. The van der Waals surface area contributed by atoms with E-state index in [1.807, 2.05) is 0 Å². The summed E-state index contributed by atoms with van der Waals surface area (Å²) in [7, 11) is 0. The molecule has 4 aromatic carbocycles. The van der Waals surface area contributed by atoms with Crippen LogP contribution in [0, 0.1) is 0 Å². The highest BCUT2D eigenvalue weighted by molar-refractivity contribution is 5.97. The van der Waals surface area contributed by atoms with Gasteiger partial charge in [0.15, 0.2) is 6.10 Å². The zero-order valence-electron chi connectivity index (χ0n) is 32.0. The fourth-order valence-corrected chi connectivity index (χ4v) is 6.12. The Morgan fingerprint density at radius 1 is 0.509 bits per heavy atom. The number of hydrogen-bond donors (Lipinski definition) is 0. The molecule has 0 aliphatic heterocycles. The predicted molar refractivity (Wildman–Crippen MR) is 208 cm³/mol. The summed E-state index contributed by atoms with van der Waals surface area (Å²) in [6.45, 7) is 4.92. The maximum atomic E-state index is 13.6. The van der Waals surface area contributed by atoms with Crippen LogP contribution in [0.25, 0.3) is 10.8 Å². The first-order chi connectivity index (χ1) is 26.6. The Labute approximate surface area is 322 Å². The number of halogens is 3. The normalized spacial score (nSPS) is 11.9. The van der Waals surface area contributed by atoms with Crippen LogP contribution in [-0.4, -0.2) is 36.8 Å². The van der Waals surface area contributed by atoms with E-state index < -0.39 is 30.2 Å². The van der Waals surface area contributed by atoms with Gasteiger partial charge in [0.25, 0.3) is 0 Å². The second-order valence-electron chi connectivity index (χ2n) is 13.9. The topological polar surface area (TPSA) is 88.1 Å². The summed E-state index contributed by atoms with van der Waals surface area (Å²) in [4.78, 5) is 38.3. The van der Waals surface area contributed by atoms with Crippen molar-refractivity contribution in [2.45, 2.75) is 122 Å². The Hall–Kier alpha value is -4.86. The van der Waals surface area contributed by atoms with Gasteiger partial charge in [-0.05, 0) is 103 Å². The van der Waals surface area contributed by atoms with E-state index in [1.54, 1.807) is 60.7 Å². The van der Waals surface area contributed by atoms with Gasteiger partial charge in [0.1, 0.15) is 17.2 Å². The molecule has 0 aliphatic rings. The van der Waals surface area contributed by atoms with Gasteiger partial charge >= 0.3 is 24.1 Å². The summed E-state index contributed by atoms with van der Waals surface area (Å²) in [6.07, 6.45) is 7.51. The molecular formula is C45H53F3O7. The van der Waals surface area contributed by atoms with Crippen LogP contribution in [0.4, 0.5) is 13.2 Å². The number of rotatable bonds is 23. The quantitative estimate of drug-likeness (QED) is 0.0422. The van der Waals surface area contributed by atoms with Crippen molar-refractivity contribution in [1.82, 2.24) is 0 Å². The van der Waals surface area contributed by atoms with Gasteiger partial charge < -0.3 is 18.9 Å². The van der Waals surface area contributed by atoms with E-state index in [0.717, 1.165) is 43.9 Å². The zero-order valence-corrected chi connectivity index (χ0v) is 32.0. The molecule has 0 aliphatic carbocycles. The van der Waals surface area contributed by atoms with Gasteiger partial charge in [0.2, 0.25) is 0 Å². The van der Waals surface area contributed by atoms with Gasteiger partial charge in [-0.25, -0.2) is 14.4 Å². The largest absolute Gasteiger partial charge is 0.494 e. The molecule has 0 radical (unpaired) electrons. The zero-order chi connectivity index (χ0) is 39.5. The van der Waals surface area contributed by atoms with Crippen molar-refractivity contribution in [3.63, 3.8) is 0 Å². The number of benzene rings is 4. The Kier molecular flexibility index (Phi) is 17.5. The number of fused-ring (bicyclic) bond motifs is 1. The molecule has 0 saturated heterocycles. The van der Waals surface area contributed by atoms with Crippen molar-refractivity contribution in [3.8, 4) is 17.2 Å². The minimum atomic E-state index is -4.67. The van der Waals surface area contributed by atoms with E-state index in [0.29, 0.717) is 41.9 Å². The number of alkyl halides is 3. The van der Waals surface area contributed by atoms with Gasteiger partial charge in [0, 0.05) is 0 Å². The van der Waals surface area contributed by atoms with Gasteiger partial charge in [-0.3, -0.25) is 0 Å². The summed E-state index contributed by atoms with van der Waals surface area (Å²) in [5.74, 6) is -1.14. The molecule has 7 nitrogen and oxygen atoms in total. The van der Waals surface area contributed by atoms with Crippen LogP contribution in [0.5, 0.6) is 17.2 Å². The van der Waals surface area contributed by atoms with Crippen LogP contribution >= 0.6 is 0 Å². The highest BCUT2D eigenvalue weighted by Crippen LogP contribution is 2.29. The average Bonchev–Trinajstić information content (AvgIpc) is 3.18. The van der Waals surface area contributed by atoms with Crippen molar-refractivity contribution < 1.29 is 46.5 Å². The third-order valence-corrected chi connectivity index (χ3v) is 9.35. The van der Waals surface area contributed by atoms with Gasteiger partial charge in [-0.1, -0.05) is 103 Å². The fraction of sp³-hybridized carbons (Fsp3) is 0.444. The number of unbranched alkanes of at least 4 members (excludes halogenated alkanes) is 12. The molecule has 1 atom stereocenters. The third-order valence-electron chi connectivity index (χ3n) is 9.35. The third kappa shape index (κ3) is 14.7. The van der Waals surface area contributed by atoms with Gasteiger partial charge in [0.05, 0.1) is 23.3 Å². The van der Waals surface area contributed by atoms with E-state index in [4.69, 9.17) is 18.9 Å². The minimum absolute atomic E-state index is 0.0884. The predicted octanol–water partition coefficient (Wildman–Crippen LogP) is 12.6. The number of esters is 3. The van der Waals surface area contributed by atoms with E-state index in [9.17, 15) is 27.6 Å². The van der Waals surface area contributed by atoms with Crippen molar-refractivity contribution in [1.29, 1.82) is 0 Å². The van der Waals surface area contributed by atoms with Crippen molar-refractivity contribution in [2.24, 2.45) is 0 Å². The molecule has 10 heteroatoms. The summed E-state index contributed by atoms with van der Waals surface area (Å²) in [6, 6.07) is 22.0. The van der Waals surface area contributed by atoms with E-state index in [1.165, 1.54) is 62.8 Å². The van der Waals surface area contributed by atoms with E-state index in [2.05, 4.69) is 13.8 Å². The molecule has 1 unspecified atom stereocenters. The Balaban J connectivity index is 1.24. The van der Waals surface area contributed by atoms with Crippen molar-refractivity contribution in [2.75, 3.05) is 6.61 Å². The first-order valence-corrected chi connectivity index (χ1v) is 19.7. The maximum absolute atomic E-state index is 13.6. The fourth-order valence-electron chi connectivity index (χ4n) is 6.12. The average molecular weight is 763 g/mol. The number of hydrogen-bond acceptors (Lipinski definition) is 7. The SMILES string of the molecule is CCCCCCCCCCOc1ccc(C(=O)Oc2ccc3cc(C(=O)Oc4ccc(C(=O)OC(CCCCCCCC)C(F)(F)F)cc4)ccc3c2)cc1. The molecule has 296 valence electrons. The van der Waals surface area contributed by atoms with Crippen LogP contribution in [-0.2, 0) is 4.74 Å². The standard InChI is InChI=1S/C45H53F3O7/c1-3-5-7-9-11-12-14-16-30-52-38-25-20-33(21-26-38)42(49)54-40-29-24-35-31-37(19-18-36(35)32-40)44(51)53-39-27-22-34(23-28-39)43(50)55-41(45(46,47)48)17-15-13-10-8-6-4-2/h18-29,31-32,41H,3-17,30H2,1-2H3. The lowest BCUT2D eigenvalue weighted by Gasteiger charge is -2.20. The highest BCUT2D eigenvalue weighted by Gasteiger charge is 2.42. The molecule has 0 heterocycles. The van der Waals surface area contributed by atoms with Crippen molar-refractivity contribution >= 4 is 28.7 Å². The number of carbonyl (C=O) groups excluding carboxylic acids is 3. The molecule has 0 N–H and O–H groups in total. The molecule has 4 aromatic rings. The van der Waals surface area contributed by atoms with E-state index in [-0.39, 0.29) is 23.3 Å². The lowest BCUT2D eigenvalue weighted by molar-refractivity contribution is -0.206. The Morgan fingerprint density at radius 2 is 0.964 bits per heavy atom. The smallest absolute Gasteiger partial charge is 0.425 e. The number of carbonyl (C=O) groups is 3. The molecule has 0 saturated carbocycles. The van der Waals surface area contributed by atoms with Crippen LogP contribution in [0.2, 0.25) is 0 Å². The molecule has 0 spiro atoms. The maximum Gasteiger partial charge on any atom is 0.425 e. The summed E-state index contributed by atoms with van der Waals surface area (Å²) in [5.41, 5.74) is 0.541. The minimum Gasteiger partial charge on any atom is -0.494 e. The Bertz CT molecular complexity index is 1790. The first-order valence-electron chi connectivity index (χ1n) is 19.7. The van der Waals surface area contributed by atoms with Crippen LogP contribution in [0.3, 0.4) is 0 Å². The summed E-state index contributed by atoms with van der Waals surface area (Å²) in [5, 5.41) is 1.42. The molecule has 55 heavy (non-hydrogen) atoms. The summed E-state index contributed by atoms with van der Waals surface area (Å²) < 4.78 is 62.4. The monoisotopic (exact) mass is 762 g/mol. The molecule has 0 amide bonds. The van der Waals surface area contributed by atoms with Crippen molar-refractivity contribution in [3.05, 3.63) is 102 Å². The second-order valence-corrected chi connectivity index (χ2v) is 13.9. The molecule has 0 fully saturated rings. The molecular weight excluding hydrogens is 709 g/mol.